The van der Waals surface area contributed by atoms with E-state index in [0.29, 0.717) is 12.6 Å². The molecule has 1 heterocycles. The Balaban J connectivity index is 2.94. The van der Waals surface area contributed by atoms with Crippen molar-refractivity contribution < 1.29 is 8.78 Å². The standard InChI is InChI=1S/C12H22F2N4/c1-8(2)15-6-10-9(3)16-18(5)12(10)17(4)7-11(13)14/h8,11,15H,6-7H2,1-5H3. The molecule has 1 aromatic heterocycles. The van der Waals surface area contributed by atoms with Gasteiger partial charge in [0.2, 0.25) is 0 Å². The first-order valence-corrected chi connectivity index (χ1v) is 6.08. The Morgan fingerprint density at radius 1 is 1.39 bits per heavy atom. The van der Waals surface area contributed by atoms with Crippen LogP contribution < -0.4 is 10.2 Å². The summed E-state index contributed by atoms with van der Waals surface area (Å²) < 4.78 is 26.6. The lowest BCUT2D eigenvalue weighted by atomic mass is 10.2. The van der Waals surface area contributed by atoms with Gasteiger partial charge in [-0.25, -0.2) is 8.78 Å². The second kappa shape index (κ2) is 6.13. The summed E-state index contributed by atoms with van der Waals surface area (Å²) in [7, 11) is 3.45. The molecule has 0 spiro atoms. The molecule has 0 saturated carbocycles. The lowest BCUT2D eigenvalue weighted by Gasteiger charge is -2.21. The molecule has 0 amide bonds. The van der Waals surface area contributed by atoms with Crippen LogP contribution in [0.4, 0.5) is 14.6 Å². The van der Waals surface area contributed by atoms with Crippen molar-refractivity contribution in [2.24, 2.45) is 7.05 Å². The van der Waals surface area contributed by atoms with Gasteiger partial charge in [-0.2, -0.15) is 5.10 Å². The minimum atomic E-state index is -2.35. The van der Waals surface area contributed by atoms with E-state index in [1.165, 1.54) is 0 Å². The number of anilines is 1. The highest BCUT2D eigenvalue weighted by Crippen LogP contribution is 2.22. The highest BCUT2D eigenvalue weighted by atomic mass is 19.3. The highest BCUT2D eigenvalue weighted by Gasteiger charge is 2.19. The van der Waals surface area contributed by atoms with E-state index in [-0.39, 0.29) is 6.54 Å². The van der Waals surface area contributed by atoms with Crippen LogP contribution in [-0.4, -0.2) is 35.8 Å². The van der Waals surface area contributed by atoms with Crippen LogP contribution in [0.15, 0.2) is 0 Å². The Kier molecular flexibility index (Phi) is 5.07. The molecule has 104 valence electrons. The van der Waals surface area contributed by atoms with Crippen molar-refractivity contribution in [3.63, 3.8) is 0 Å². The van der Waals surface area contributed by atoms with E-state index in [0.717, 1.165) is 17.1 Å². The van der Waals surface area contributed by atoms with Crippen molar-refractivity contribution in [3.05, 3.63) is 11.3 Å². The molecule has 0 aliphatic rings. The number of halogens is 2. The van der Waals surface area contributed by atoms with E-state index in [1.807, 2.05) is 20.8 Å². The summed E-state index contributed by atoms with van der Waals surface area (Å²) >= 11 is 0. The second-order valence-corrected chi connectivity index (χ2v) is 4.82. The Hall–Kier alpha value is -1.17. The number of nitrogens with one attached hydrogen (secondary N) is 1. The number of nitrogens with zero attached hydrogens (tertiary/aromatic N) is 3. The quantitative estimate of drug-likeness (QED) is 0.848. The third-order valence-electron chi connectivity index (χ3n) is 2.77. The zero-order valence-electron chi connectivity index (χ0n) is 11.7. The monoisotopic (exact) mass is 260 g/mol. The molecule has 0 unspecified atom stereocenters. The largest absolute Gasteiger partial charge is 0.354 e. The molecule has 0 fully saturated rings. The van der Waals surface area contributed by atoms with Gasteiger partial charge in [-0.05, 0) is 6.92 Å². The van der Waals surface area contributed by atoms with Gasteiger partial charge in [0.15, 0.2) is 0 Å². The number of rotatable bonds is 6. The molecule has 0 atom stereocenters. The predicted octanol–water partition coefficient (Wildman–Crippen LogP) is 1.93. The summed E-state index contributed by atoms with van der Waals surface area (Å²) in [6.45, 7) is 6.35. The summed E-state index contributed by atoms with van der Waals surface area (Å²) in [6, 6.07) is 0.345. The number of aryl methyl sites for hydroxylation is 2. The third kappa shape index (κ3) is 3.66. The van der Waals surface area contributed by atoms with E-state index in [1.54, 1.807) is 23.7 Å². The minimum absolute atomic E-state index is 0.284. The third-order valence-corrected chi connectivity index (χ3v) is 2.77. The van der Waals surface area contributed by atoms with Crippen LogP contribution >= 0.6 is 0 Å². The molecule has 6 heteroatoms. The topological polar surface area (TPSA) is 33.1 Å². The van der Waals surface area contributed by atoms with Crippen LogP contribution in [0, 0.1) is 6.92 Å². The van der Waals surface area contributed by atoms with Crippen LogP contribution in [-0.2, 0) is 13.6 Å². The first-order valence-electron chi connectivity index (χ1n) is 6.08. The van der Waals surface area contributed by atoms with Crippen molar-refractivity contribution >= 4 is 5.82 Å². The molecule has 18 heavy (non-hydrogen) atoms. The molecular weight excluding hydrogens is 238 g/mol. The van der Waals surface area contributed by atoms with E-state index < -0.39 is 6.43 Å². The van der Waals surface area contributed by atoms with Crippen LogP contribution in [0.1, 0.15) is 25.1 Å². The highest BCUT2D eigenvalue weighted by molar-refractivity contribution is 5.49. The zero-order chi connectivity index (χ0) is 13.9. The van der Waals surface area contributed by atoms with Gasteiger partial charge in [0.25, 0.3) is 6.43 Å². The SMILES string of the molecule is Cc1nn(C)c(N(C)CC(F)F)c1CNC(C)C. The normalized spacial score (nSPS) is 11.6. The minimum Gasteiger partial charge on any atom is -0.354 e. The molecule has 1 aromatic rings. The van der Waals surface area contributed by atoms with Crippen LogP contribution in [0.25, 0.3) is 0 Å². The summed E-state index contributed by atoms with van der Waals surface area (Å²) in [5, 5.41) is 7.60. The lowest BCUT2D eigenvalue weighted by molar-refractivity contribution is 0.156. The molecule has 1 N–H and O–H groups in total. The van der Waals surface area contributed by atoms with E-state index in [4.69, 9.17) is 0 Å². The van der Waals surface area contributed by atoms with Crippen LogP contribution in [0.3, 0.4) is 0 Å². The second-order valence-electron chi connectivity index (χ2n) is 4.82. The summed E-state index contributed by atoms with van der Waals surface area (Å²) in [6.07, 6.45) is -2.35. The fourth-order valence-corrected chi connectivity index (χ4v) is 1.97. The molecule has 0 bridgehead atoms. The van der Waals surface area contributed by atoms with Gasteiger partial charge in [0, 0.05) is 32.2 Å². The molecule has 0 saturated heterocycles. The van der Waals surface area contributed by atoms with Crippen molar-refractivity contribution in [1.82, 2.24) is 15.1 Å². The van der Waals surface area contributed by atoms with Gasteiger partial charge in [-0.1, -0.05) is 13.8 Å². The first kappa shape index (κ1) is 14.9. The molecule has 0 aliphatic heterocycles. The van der Waals surface area contributed by atoms with Crippen molar-refractivity contribution in [2.75, 3.05) is 18.5 Å². The molecular formula is C12H22F2N4. The van der Waals surface area contributed by atoms with E-state index in [2.05, 4.69) is 10.4 Å². The smallest absolute Gasteiger partial charge is 0.255 e. The van der Waals surface area contributed by atoms with Crippen molar-refractivity contribution in [3.8, 4) is 0 Å². The number of aromatic nitrogens is 2. The Labute approximate surface area is 107 Å². The van der Waals surface area contributed by atoms with Crippen LogP contribution in [0.5, 0.6) is 0 Å². The zero-order valence-corrected chi connectivity index (χ0v) is 11.7. The van der Waals surface area contributed by atoms with Gasteiger partial charge in [-0.15, -0.1) is 0 Å². The number of hydrogen-bond donors (Lipinski definition) is 1. The van der Waals surface area contributed by atoms with Gasteiger partial charge in [0.1, 0.15) is 5.82 Å². The molecule has 0 radical (unpaired) electrons. The maximum atomic E-state index is 12.5. The number of alkyl halides is 2. The fourth-order valence-electron chi connectivity index (χ4n) is 1.97. The Bertz CT molecular complexity index is 388. The lowest BCUT2D eigenvalue weighted by Crippen LogP contribution is -2.29. The first-order chi connectivity index (χ1) is 8.32. The predicted molar refractivity (Wildman–Crippen MR) is 69.2 cm³/mol. The van der Waals surface area contributed by atoms with Gasteiger partial charge in [0.05, 0.1) is 12.2 Å². The fraction of sp³-hybridized carbons (Fsp3) is 0.750. The summed E-state index contributed by atoms with van der Waals surface area (Å²) in [5.41, 5.74) is 1.86. The maximum Gasteiger partial charge on any atom is 0.255 e. The van der Waals surface area contributed by atoms with Crippen molar-refractivity contribution in [2.45, 2.75) is 39.8 Å². The summed E-state index contributed by atoms with van der Waals surface area (Å²) in [5.74, 6) is 0.751. The summed E-state index contributed by atoms with van der Waals surface area (Å²) in [4.78, 5) is 1.56. The Morgan fingerprint density at radius 2 is 2.00 bits per heavy atom. The van der Waals surface area contributed by atoms with Gasteiger partial charge in [-0.3, -0.25) is 4.68 Å². The molecule has 4 nitrogen and oxygen atoms in total. The molecule has 0 aliphatic carbocycles. The van der Waals surface area contributed by atoms with E-state index >= 15 is 0 Å². The van der Waals surface area contributed by atoms with Crippen molar-refractivity contribution in [1.29, 1.82) is 0 Å². The van der Waals surface area contributed by atoms with Gasteiger partial charge >= 0.3 is 0 Å². The van der Waals surface area contributed by atoms with E-state index in [9.17, 15) is 8.78 Å². The average Bonchev–Trinajstić information content (AvgIpc) is 2.49. The van der Waals surface area contributed by atoms with Crippen LogP contribution in [0.2, 0.25) is 0 Å². The maximum absolute atomic E-state index is 12.5. The molecule has 1 rings (SSSR count). The average molecular weight is 260 g/mol. The van der Waals surface area contributed by atoms with Gasteiger partial charge < -0.3 is 10.2 Å². The number of hydrogen-bond acceptors (Lipinski definition) is 3. The Morgan fingerprint density at radius 3 is 2.50 bits per heavy atom. The molecule has 0 aromatic carbocycles.